The molecule has 0 bridgehead atoms. The normalized spacial score (nSPS) is 9.43. The average Bonchev–Trinajstić information content (AvgIpc) is 2.43. The number of nitrogens with two attached hydrogens (primary N) is 1. The summed E-state index contributed by atoms with van der Waals surface area (Å²) in [4.78, 5) is 18.2. The minimum atomic E-state index is -1.82. The first-order valence-corrected chi connectivity index (χ1v) is 7.02. The van der Waals surface area contributed by atoms with E-state index in [1.165, 1.54) is 0 Å². The molecule has 1 rings (SSSR count). The van der Waals surface area contributed by atoms with Gasteiger partial charge in [-0.15, -0.1) is 0 Å². The second kappa shape index (κ2) is 12.1. The Kier molecular flexibility index (Phi) is 11.2. The number of rotatable bonds is 7. The second-order valence-electron chi connectivity index (χ2n) is 3.81. The van der Waals surface area contributed by atoms with Crippen molar-refractivity contribution in [1.29, 1.82) is 0 Å². The molecule has 8 heteroatoms. The van der Waals surface area contributed by atoms with Gasteiger partial charge >= 0.3 is 11.9 Å². The Labute approximate surface area is 131 Å². The van der Waals surface area contributed by atoms with Crippen LogP contribution in [0, 0.1) is 0 Å². The smallest absolute Gasteiger partial charge is 0.414 e. The monoisotopic (exact) mass is 362 g/mol. The van der Waals surface area contributed by atoms with Crippen LogP contribution in [-0.2, 0) is 9.59 Å². The van der Waals surface area contributed by atoms with E-state index in [2.05, 4.69) is 21.2 Å². The number of carboxylic acids is 2. The number of carboxylic acid groups (broad SMARTS) is 2. The molecule has 0 aliphatic heterocycles. The lowest BCUT2D eigenvalue weighted by Crippen LogP contribution is -2.24. The third-order valence-electron chi connectivity index (χ3n) is 2.07. The van der Waals surface area contributed by atoms with Crippen molar-refractivity contribution in [2.75, 3.05) is 26.2 Å². The summed E-state index contributed by atoms with van der Waals surface area (Å²) in [5.41, 5.74) is 5.35. The molecule has 118 valence electrons. The van der Waals surface area contributed by atoms with Crippen LogP contribution >= 0.6 is 15.9 Å². The maximum atomic E-state index is 9.10. The van der Waals surface area contributed by atoms with Crippen LogP contribution in [0.2, 0.25) is 0 Å². The van der Waals surface area contributed by atoms with Gasteiger partial charge in [-0.1, -0.05) is 22.0 Å². The van der Waals surface area contributed by atoms with Crippen molar-refractivity contribution in [3.63, 3.8) is 0 Å². The first-order valence-electron chi connectivity index (χ1n) is 6.22. The highest BCUT2D eigenvalue weighted by Gasteiger charge is 2.04. The molecule has 0 saturated heterocycles. The summed E-state index contributed by atoms with van der Waals surface area (Å²) in [6.45, 7) is 3.24. The van der Waals surface area contributed by atoms with E-state index in [4.69, 9.17) is 30.3 Å². The number of hydrogen-bond donors (Lipinski definition) is 4. The molecule has 0 radical (unpaired) electrons. The highest BCUT2D eigenvalue weighted by atomic mass is 79.9. The predicted molar refractivity (Wildman–Crippen MR) is 81.4 cm³/mol. The van der Waals surface area contributed by atoms with E-state index in [0.29, 0.717) is 6.54 Å². The molecular weight excluding hydrogens is 344 g/mol. The fraction of sp³-hybridized carbons (Fsp3) is 0.385. The van der Waals surface area contributed by atoms with E-state index in [9.17, 15) is 0 Å². The van der Waals surface area contributed by atoms with Crippen LogP contribution in [0.4, 0.5) is 0 Å². The second-order valence-corrected chi connectivity index (χ2v) is 4.72. The summed E-state index contributed by atoms with van der Waals surface area (Å²) in [6.07, 6.45) is 0.993. The van der Waals surface area contributed by atoms with Gasteiger partial charge < -0.3 is 26.0 Å². The number of nitrogens with one attached hydrogen (secondary N) is 1. The first-order chi connectivity index (χ1) is 9.97. The van der Waals surface area contributed by atoms with Gasteiger partial charge in [0, 0.05) is 17.6 Å². The molecule has 0 heterocycles. The Morgan fingerprint density at radius 2 is 1.90 bits per heavy atom. The molecule has 0 saturated carbocycles. The van der Waals surface area contributed by atoms with Crippen molar-refractivity contribution in [2.24, 2.45) is 5.73 Å². The molecule has 0 fully saturated rings. The van der Waals surface area contributed by atoms with Crippen LogP contribution in [0.3, 0.4) is 0 Å². The highest BCUT2D eigenvalue weighted by molar-refractivity contribution is 9.10. The summed E-state index contributed by atoms with van der Waals surface area (Å²) in [7, 11) is 0. The molecule has 0 aliphatic carbocycles. The van der Waals surface area contributed by atoms with Crippen LogP contribution in [0.25, 0.3) is 0 Å². The van der Waals surface area contributed by atoms with E-state index < -0.39 is 11.9 Å². The zero-order valence-electron chi connectivity index (χ0n) is 11.4. The van der Waals surface area contributed by atoms with Crippen molar-refractivity contribution in [1.82, 2.24) is 5.32 Å². The molecule has 0 atom stereocenters. The Balaban J connectivity index is 0.000000567. The lowest BCUT2D eigenvalue weighted by atomic mass is 10.3. The Morgan fingerprint density at radius 1 is 1.24 bits per heavy atom. The van der Waals surface area contributed by atoms with Crippen molar-refractivity contribution in [2.45, 2.75) is 6.42 Å². The van der Waals surface area contributed by atoms with Crippen LogP contribution in [-0.4, -0.2) is 48.4 Å². The number of halogens is 1. The minimum Gasteiger partial charge on any atom is -0.494 e. The lowest BCUT2D eigenvalue weighted by molar-refractivity contribution is -0.159. The average molecular weight is 363 g/mol. The highest BCUT2D eigenvalue weighted by Crippen LogP contribution is 2.17. The quantitative estimate of drug-likeness (QED) is 0.420. The van der Waals surface area contributed by atoms with Gasteiger partial charge in [0.2, 0.25) is 0 Å². The third-order valence-corrected chi connectivity index (χ3v) is 2.56. The van der Waals surface area contributed by atoms with E-state index >= 15 is 0 Å². The number of aliphatic carboxylic acids is 2. The molecule has 0 aliphatic rings. The topological polar surface area (TPSA) is 122 Å². The van der Waals surface area contributed by atoms with Crippen molar-refractivity contribution in [3.05, 3.63) is 28.7 Å². The maximum Gasteiger partial charge on any atom is 0.414 e. The van der Waals surface area contributed by atoms with Gasteiger partial charge in [-0.2, -0.15) is 0 Å². The van der Waals surface area contributed by atoms with Crippen LogP contribution in [0.15, 0.2) is 28.7 Å². The van der Waals surface area contributed by atoms with E-state index in [1.54, 1.807) is 0 Å². The Morgan fingerprint density at radius 3 is 2.43 bits per heavy atom. The summed E-state index contributed by atoms with van der Waals surface area (Å²) < 4.78 is 6.61. The van der Waals surface area contributed by atoms with Crippen molar-refractivity contribution < 1.29 is 24.5 Å². The van der Waals surface area contributed by atoms with Gasteiger partial charge in [0.15, 0.2) is 0 Å². The number of benzene rings is 1. The van der Waals surface area contributed by atoms with Gasteiger partial charge in [0.05, 0.1) is 6.61 Å². The van der Waals surface area contributed by atoms with Gasteiger partial charge in [-0.3, -0.25) is 0 Å². The Hall–Kier alpha value is -1.64. The SMILES string of the molecule is NCCNCCCOc1cccc(Br)c1.O=C(O)C(=O)O. The molecular formula is C13H19BrN2O5. The summed E-state index contributed by atoms with van der Waals surface area (Å²) in [5.74, 6) is -2.74. The summed E-state index contributed by atoms with van der Waals surface area (Å²) >= 11 is 3.40. The van der Waals surface area contributed by atoms with Gasteiger partial charge in [0.1, 0.15) is 5.75 Å². The lowest BCUT2D eigenvalue weighted by Gasteiger charge is -2.06. The molecule has 0 aromatic heterocycles. The van der Waals surface area contributed by atoms with Crippen LogP contribution < -0.4 is 15.8 Å². The molecule has 1 aromatic carbocycles. The van der Waals surface area contributed by atoms with Crippen LogP contribution in [0.1, 0.15) is 6.42 Å². The molecule has 7 nitrogen and oxygen atoms in total. The third kappa shape index (κ3) is 11.9. The minimum absolute atomic E-state index is 0.687. The van der Waals surface area contributed by atoms with E-state index in [-0.39, 0.29) is 0 Å². The maximum absolute atomic E-state index is 9.10. The Bertz CT molecular complexity index is 430. The molecule has 5 N–H and O–H groups in total. The van der Waals surface area contributed by atoms with Gasteiger partial charge in [-0.05, 0) is 31.2 Å². The fourth-order valence-corrected chi connectivity index (χ4v) is 1.55. The van der Waals surface area contributed by atoms with E-state index in [0.717, 1.165) is 36.3 Å². The number of carbonyl (C=O) groups is 2. The summed E-state index contributed by atoms with van der Waals surface area (Å²) in [5, 5.41) is 18.0. The van der Waals surface area contributed by atoms with Crippen molar-refractivity contribution >= 4 is 27.9 Å². The molecule has 0 amide bonds. The first kappa shape index (κ1) is 19.4. The molecule has 0 spiro atoms. The largest absolute Gasteiger partial charge is 0.494 e. The zero-order valence-corrected chi connectivity index (χ0v) is 13.0. The summed E-state index contributed by atoms with van der Waals surface area (Å²) in [6, 6.07) is 7.87. The molecule has 0 unspecified atom stereocenters. The zero-order chi connectivity index (χ0) is 16.1. The van der Waals surface area contributed by atoms with Gasteiger partial charge in [0.25, 0.3) is 0 Å². The number of ether oxygens (including phenoxy) is 1. The number of hydrogen-bond acceptors (Lipinski definition) is 5. The predicted octanol–water partition coefficient (Wildman–Crippen LogP) is 0.922. The van der Waals surface area contributed by atoms with E-state index in [1.807, 2.05) is 24.3 Å². The molecule has 1 aromatic rings. The molecule has 21 heavy (non-hydrogen) atoms. The van der Waals surface area contributed by atoms with Crippen molar-refractivity contribution in [3.8, 4) is 5.75 Å². The van der Waals surface area contributed by atoms with Crippen LogP contribution in [0.5, 0.6) is 5.75 Å². The standard InChI is InChI=1S/C11H17BrN2O.C2H2O4/c12-10-3-1-4-11(9-10)15-8-2-6-14-7-5-13;3-1(4)2(5)6/h1,3-4,9,14H,2,5-8,13H2;(H,3,4)(H,5,6). The van der Waals surface area contributed by atoms with Gasteiger partial charge in [-0.25, -0.2) is 9.59 Å². The fourth-order valence-electron chi connectivity index (χ4n) is 1.17.